The van der Waals surface area contributed by atoms with Crippen LogP contribution in [0.1, 0.15) is 29.0 Å². The molecule has 8 heteroatoms. The first-order valence-corrected chi connectivity index (χ1v) is 10.1. The van der Waals surface area contributed by atoms with Crippen molar-refractivity contribution in [2.75, 3.05) is 0 Å². The highest BCUT2D eigenvalue weighted by molar-refractivity contribution is 7.13. The van der Waals surface area contributed by atoms with Crippen LogP contribution in [0.3, 0.4) is 0 Å². The van der Waals surface area contributed by atoms with Crippen LogP contribution in [0.5, 0.6) is 0 Å². The molecule has 4 heterocycles. The van der Waals surface area contributed by atoms with Gasteiger partial charge in [-0.05, 0) is 42.2 Å². The van der Waals surface area contributed by atoms with Gasteiger partial charge in [-0.15, -0.1) is 22.7 Å². The Morgan fingerprint density at radius 2 is 2.19 bits per heavy atom. The average molecular weight is 385 g/mol. The summed E-state index contributed by atoms with van der Waals surface area (Å²) in [6, 6.07) is 5.44. The monoisotopic (exact) mass is 385 g/mol. The highest BCUT2D eigenvalue weighted by Gasteiger charge is 2.54. The summed E-state index contributed by atoms with van der Waals surface area (Å²) in [4.78, 5) is 33.5. The summed E-state index contributed by atoms with van der Waals surface area (Å²) in [6.07, 6.45) is 4.00. The first-order valence-electron chi connectivity index (χ1n) is 8.37. The second-order valence-corrected chi connectivity index (χ2v) is 8.41. The Hall–Kier alpha value is -2.45. The molecule has 0 bridgehead atoms. The van der Waals surface area contributed by atoms with Crippen molar-refractivity contribution in [3.63, 3.8) is 0 Å². The number of nitrogens with one attached hydrogen (secondary N) is 1. The van der Waals surface area contributed by atoms with E-state index < -0.39 is 5.54 Å². The molecule has 0 aromatic carbocycles. The number of amides is 3. The van der Waals surface area contributed by atoms with Gasteiger partial charge in [0.25, 0.3) is 5.91 Å². The van der Waals surface area contributed by atoms with Gasteiger partial charge in [-0.2, -0.15) is 0 Å². The fourth-order valence-electron chi connectivity index (χ4n) is 3.74. The number of imide groups is 1. The first-order chi connectivity index (χ1) is 12.7. The predicted octanol–water partition coefficient (Wildman–Crippen LogP) is 3.75. The Balaban J connectivity index is 1.43. The van der Waals surface area contributed by atoms with E-state index in [0.29, 0.717) is 18.0 Å². The number of nitrogens with zero attached hydrogens (tertiary/aromatic N) is 2. The minimum absolute atomic E-state index is 0.112. The summed E-state index contributed by atoms with van der Waals surface area (Å²) in [6.45, 7) is 0.112. The number of oxazole rings is 1. The van der Waals surface area contributed by atoms with Gasteiger partial charge in [0.2, 0.25) is 5.89 Å². The lowest BCUT2D eigenvalue weighted by Gasteiger charge is -2.31. The smallest absolute Gasteiger partial charge is 0.325 e. The van der Waals surface area contributed by atoms with Gasteiger partial charge in [0.1, 0.15) is 11.8 Å². The second kappa shape index (κ2) is 5.78. The van der Waals surface area contributed by atoms with E-state index in [1.165, 1.54) is 27.4 Å². The molecule has 2 aliphatic rings. The number of rotatable bonds is 3. The normalized spacial score (nSPS) is 22.1. The molecule has 5 rings (SSSR count). The largest absolute Gasteiger partial charge is 0.443 e. The van der Waals surface area contributed by atoms with E-state index in [-0.39, 0.29) is 18.5 Å². The number of thiophene rings is 2. The topological polar surface area (TPSA) is 75.4 Å². The minimum atomic E-state index is -0.912. The summed E-state index contributed by atoms with van der Waals surface area (Å²) < 4.78 is 5.50. The molecule has 0 radical (unpaired) electrons. The van der Waals surface area contributed by atoms with E-state index in [4.69, 9.17) is 4.42 Å². The molecular weight excluding hydrogens is 370 g/mol. The Morgan fingerprint density at radius 3 is 3.04 bits per heavy atom. The SMILES string of the molecule is O=C1N[C@@]2(CCCc3sccc32)C(=O)N1Cc1coc(-c2cccs2)n1. The molecule has 132 valence electrons. The molecule has 6 nitrogen and oxygen atoms in total. The van der Waals surface area contributed by atoms with Crippen molar-refractivity contribution in [2.45, 2.75) is 31.3 Å². The maximum Gasteiger partial charge on any atom is 0.325 e. The van der Waals surface area contributed by atoms with Crippen molar-refractivity contribution in [2.24, 2.45) is 0 Å². The van der Waals surface area contributed by atoms with Crippen molar-refractivity contribution in [3.05, 3.63) is 51.4 Å². The quantitative estimate of drug-likeness (QED) is 0.697. The summed E-state index contributed by atoms with van der Waals surface area (Å²) >= 11 is 3.18. The molecular formula is C18H15N3O3S2. The summed E-state index contributed by atoms with van der Waals surface area (Å²) in [7, 11) is 0. The molecule has 3 aromatic heterocycles. The number of fused-ring (bicyclic) bond motifs is 2. The van der Waals surface area contributed by atoms with Gasteiger partial charge in [0, 0.05) is 10.4 Å². The second-order valence-electron chi connectivity index (χ2n) is 6.46. The summed E-state index contributed by atoms with van der Waals surface area (Å²) in [5, 5.41) is 6.89. The molecule has 3 amide bonds. The van der Waals surface area contributed by atoms with Crippen LogP contribution < -0.4 is 5.32 Å². The van der Waals surface area contributed by atoms with Gasteiger partial charge in [0.05, 0.1) is 17.1 Å². The molecule has 1 spiro atoms. The lowest BCUT2D eigenvalue weighted by molar-refractivity contribution is -0.132. The number of hydrogen-bond donors (Lipinski definition) is 1. The van der Waals surface area contributed by atoms with Crippen LogP contribution >= 0.6 is 22.7 Å². The van der Waals surface area contributed by atoms with E-state index in [1.54, 1.807) is 11.3 Å². The number of carbonyl (C=O) groups excluding carboxylic acids is 2. The molecule has 26 heavy (non-hydrogen) atoms. The van der Waals surface area contributed by atoms with Gasteiger partial charge in [-0.3, -0.25) is 9.69 Å². The van der Waals surface area contributed by atoms with E-state index in [2.05, 4.69) is 10.3 Å². The van der Waals surface area contributed by atoms with Crippen molar-refractivity contribution in [1.82, 2.24) is 15.2 Å². The fourth-order valence-corrected chi connectivity index (χ4v) is 5.40. The van der Waals surface area contributed by atoms with Gasteiger partial charge >= 0.3 is 6.03 Å². The standard InChI is InChI=1S/C18H15N3O3S2/c22-16-18(6-1-3-13-12(18)5-8-26-13)20-17(23)21(16)9-11-10-24-15(19-11)14-4-2-7-25-14/h2,4-5,7-8,10H,1,3,6,9H2,(H,20,23)/t18-/m1/s1. The third-order valence-electron chi connectivity index (χ3n) is 4.94. The van der Waals surface area contributed by atoms with Gasteiger partial charge in [-0.1, -0.05) is 6.07 Å². The van der Waals surface area contributed by atoms with Crippen LogP contribution in [0.2, 0.25) is 0 Å². The average Bonchev–Trinajstić information content (AvgIpc) is 3.41. The van der Waals surface area contributed by atoms with Crippen LogP contribution in [0.15, 0.2) is 39.6 Å². The number of urea groups is 1. The highest BCUT2D eigenvalue weighted by Crippen LogP contribution is 2.42. The molecule has 0 unspecified atom stereocenters. The maximum absolute atomic E-state index is 13.2. The van der Waals surface area contributed by atoms with Crippen molar-refractivity contribution >= 4 is 34.6 Å². The molecule has 1 fully saturated rings. The van der Waals surface area contributed by atoms with Gasteiger partial charge < -0.3 is 9.73 Å². The van der Waals surface area contributed by atoms with Gasteiger partial charge in [-0.25, -0.2) is 9.78 Å². The summed E-state index contributed by atoms with van der Waals surface area (Å²) in [5.74, 6) is 0.317. The Morgan fingerprint density at radius 1 is 1.27 bits per heavy atom. The van der Waals surface area contributed by atoms with E-state index in [9.17, 15) is 9.59 Å². The first kappa shape index (κ1) is 15.8. The predicted molar refractivity (Wildman–Crippen MR) is 97.8 cm³/mol. The zero-order valence-corrected chi connectivity index (χ0v) is 15.4. The van der Waals surface area contributed by atoms with Crippen molar-refractivity contribution in [1.29, 1.82) is 0 Å². The molecule has 1 aliphatic carbocycles. The molecule has 1 aliphatic heterocycles. The zero-order chi connectivity index (χ0) is 17.7. The van der Waals surface area contributed by atoms with Crippen LogP contribution in [0.25, 0.3) is 10.8 Å². The third-order valence-corrected chi connectivity index (χ3v) is 6.78. The fraction of sp³-hybridized carbons (Fsp3) is 0.278. The number of hydrogen-bond acceptors (Lipinski definition) is 6. The lowest BCUT2D eigenvalue weighted by Crippen LogP contribution is -2.46. The van der Waals surface area contributed by atoms with Crippen LogP contribution in [0.4, 0.5) is 4.79 Å². The van der Waals surface area contributed by atoms with Crippen molar-refractivity contribution in [3.8, 4) is 10.8 Å². The van der Waals surface area contributed by atoms with Gasteiger partial charge in [0.15, 0.2) is 0 Å². The zero-order valence-electron chi connectivity index (χ0n) is 13.7. The minimum Gasteiger partial charge on any atom is -0.443 e. The van der Waals surface area contributed by atoms with Crippen LogP contribution in [-0.4, -0.2) is 21.8 Å². The molecule has 1 saturated heterocycles. The molecule has 0 saturated carbocycles. The van der Waals surface area contributed by atoms with E-state index >= 15 is 0 Å². The molecule has 1 N–H and O–H groups in total. The Kier molecular flexibility index (Phi) is 3.51. The van der Waals surface area contributed by atoms with E-state index in [0.717, 1.165) is 23.3 Å². The third kappa shape index (κ3) is 2.25. The molecule has 1 atom stereocenters. The maximum atomic E-state index is 13.2. The van der Waals surface area contributed by atoms with Crippen molar-refractivity contribution < 1.29 is 14.0 Å². The number of aromatic nitrogens is 1. The highest BCUT2D eigenvalue weighted by atomic mass is 32.1. The number of aryl methyl sites for hydroxylation is 1. The Labute approximate surface area is 157 Å². The van der Waals surface area contributed by atoms with Crippen LogP contribution in [-0.2, 0) is 23.3 Å². The summed E-state index contributed by atoms with van der Waals surface area (Å²) in [5.41, 5.74) is 0.606. The molecule has 3 aromatic rings. The Bertz CT molecular complexity index is 991. The van der Waals surface area contributed by atoms with Crippen LogP contribution in [0, 0.1) is 0 Å². The lowest BCUT2D eigenvalue weighted by atomic mass is 9.80. The van der Waals surface area contributed by atoms with E-state index in [1.807, 2.05) is 29.0 Å². The number of carbonyl (C=O) groups is 2.